The quantitative estimate of drug-likeness (QED) is 0.546. The Morgan fingerprint density at radius 3 is 2.80 bits per heavy atom. The summed E-state index contributed by atoms with van der Waals surface area (Å²) in [4.78, 5) is 20.1. The van der Waals surface area contributed by atoms with Crippen LogP contribution in [0.3, 0.4) is 0 Å². The van der Waals surface area contributed by atoms with E-state index in [4.69, 9.17) is 0 Å². The number of hydrogen-bond acceptors (Lipinski definition) is 4. The summed E-state index contributed by atoms with van der Waals surface area (Å²) in [5.74, 6) is -0.215. The van der Waals surface area contributed by atoms with Gasteiger partial charge in [-0.1, -0.05) is 25.1 Å². The second-order valence-electron chi connectivity index (χ2n) is 3.11. The third-order valence-corrected chi connectivity index (χ3v) is 2.06. The third-order valence-electron chi connectivity index (χ3n) is 2.06. The molecule has 1 unspecified atom stereocenters. The van der Waals surface area contributed by atoms with E-state index in [1.807, 2.05) is 0 Å². The summed E-state index contributed by atoms with van der Waals surface area (Å²) in [6.07, 6.45) is 0. The Hall–Kier alpha value is -1.91. The Labute approximate surface area is 86.8 Å². The first kappa shape index (κ1) is 11.2. The van der Waals surface area contributed by atoms with Gasteiger partial charge in [0.1, 0.15) is 0 Å². The molecule has 5 heteroatoms. The average molecular weight is 208 g/mol. The Balaban J connectivity index is 2.91. The number of nitro benzene ring substituents is 1. The fourth-order valence-corrected chi connectivity index (χ4v) is 1.32. The molecular weight excluding hydrogens is 198 g/mol. The van der Waals surface area contributed by atoms with Crippen molar-refractivity contribution in [2.45, 2.75) is 12.8 Å². The van der Waals surface area contributed by atoms with Gasteiger partial charge in [0.2, 0.25) is 0 Å². The van der Waals surface area contributed by atoms with Gasteiger partial charge in [0.15, 0.2) is 0 Å². The molecule has 0 amide bonds. The van der Waals surface area contributed by atoms with Crippen molar-refractivity contribution < 1.29 is 14.5 Å². The molecule has 0 aliphatic carbocycles. The minimum Gasteiger partial charge on any atom is -0.457 e. The summed E-state index contributed by atoms with van der Waals surface area (Å²) in [7, 11) is 0. The second-order valence-corrected chi connectivity index (χ2v) is 3.11. The molecule has 0 fully saturated rings. The summed E-state index contributed by atoms with van der Waals surface area (Å²) < 4.78 is 4.46. The topological polar surface area (TPSA) is 69.4 Å². The van der Waals surface area contributed by atoms with Crippen LogP contribution in [0.15, 0.2) is 24.3 Å². The third kappa shape index (κ3) is 2.77. The van der Waals surface area contributed by atoms with Crippen molar-refractivity contribution in [2.75, 3.05) is 6.61 Å². The first-order chi connectivity index (χ1) is 7.16. The number of para-hydroxylation sites is 1. The Bertz CT molecular complexity index is 364. The number of nitrogens with zero attached hydrogens (tertiary/aromatic N) is 1. The van der Waals surface area contributed by atoms with Crippen LogP contribution in [0.5, 0.6) is 0 Å². The highest BCUT2D eigenvalue weighted by atomic mass is 16.6. The van der Waals surface area contributed by atoms with Crippen molar-refractivity contribution in [1.29, 1.82) is 0 Å². The molecule has 0 N–H and O–H groups in total. The molecule has 0 aliphatic rings. The van der Waals surface area contributed by atoms with Crippen LogP contribution in [0.1, 0.15) is 18.4 Å². The van der Waals surface area contributed by atoms with Gasteiger partial charge < -0.3 is 4.74 Å². The van der Waals surface area contributed by atoms with Gasteiger partial charge in [-0.3, -0.25) is 10.1 Å². The average Bonchev–Trinajstić information content (AvgIpc) is 2.25. The number of benzene rings is 1. The molecule has 0 spiro atoms. The molecule has 1 aromatic carbocycles. The van der Waals surface area contributed by atoms with Crippen LogP contribution in [0.25, 0.3) is 0 Å². The van der Waals surface area contributed by atoms with Crippen LogP contribution in [0.2, 0.25) is 0 Å². The normalized spacial score (nSPS) is 11.8. The van der Waals surface area contributed by atoms with Gasteiger partial charge in [-0.15, -0.1) is 0 Å². The zero-order chi connectivity index (χ0) is 11.3. The molecule has 1 aromatic rings. The van der Waals surface area contributed by atoms with E-state index in [2.05, 4.69) is 4.74 Å². The van der Waals surface area contributed by atoms with Crippen molar-refractivity contribution in [1.82, 2.24) is 0 Å². The molecule has 79 valence electrons. The number of carbonyl (C=O) groups excluding carboxylic acids is 1. The molecule has 0 saturated carbocycles. The fourth-order valence-electron chi connectivity index (χ4n) is 1.32. The molecule has 1 radical (unpaired) electrons. The van der Waals surface area contributed by atoms with E-state index in [-0.39, 0.29) is 18.2 Å². The minimum absolute atomic E-state index is 0.0412. The van der Waals surface area contributed by atoms with E-state index >= 15 is 0 Å². The van der Waals surface area contributed by atoms with Crippen molar-refractivity contribution in [2.24, 2.45) is 0 Å². The summed E-state index contributed by atoms with van der Waals surface area (Å²) in [5, 5.41) is 10.7. The second kappa shape index (κ2) is 5.09. The van der Waals surface area contributed by atoms with Crippen molar-refractivity contribution in [3.8, 4) is 0 Å². The first-order valence-corrected chi connectivity index (χ1v) is 4.39. The molecule has 0 saturated heterocycles. The molecule has 0 aromatic heterocycles. The van der Waals surface area contributed by atoms with Gasteiger partial charge in [0, 0.05) is 17.5 Å². The zero-order valence-corrected chi connectivity index (χ0v) is 8.17. The maximum atomic E-state index is 10.7. The SMILES string of the molecule is CC(CO[C]=O)c1ccccc1[N+](=O)[O-]. The summed E-state index contributed by atoms with van der Waals surface area (Å²) in [6, 6.07) is 6.39. The fraction of sp³-hybridized carbons (Fsp3) is 0.300. The van der Waals surface area contributed by atoms with Crippen molar-refractivity contribution in [3.63, 3.8) is 0 Å². The van der Waals surface area contributed by atoms with Crippen LogP contribution >= 0.6 is 0 Å². The highest BCUT2D eigenvalue weighted by Gasteiger charge is 2.18. The monoisotopic (exact) mass is 208 g/mol. The van der Waals surface area contributed by atoms with E-state index in [1.54, 1.807) is 25.1 Å². The van der Waals surface area contributed by atoms with Crippen LogP contribution < -0.4 is 0 Å². The van der Waals surface area contributed by atoms with Crippen molar-refractivity contribution in [3.05, 3.63) is 39.9 Å². The lowest BCUT2D eigenvalue weighted by Gasteiger charge is -2.09. The summed E-state index contributed by atoms with van der Waals surface area (Å²) >= 11 is 0. The van der Waals surface area contributed by atoms with E-state index in [1.165, 1.54) is 12.5 Å². The van der Waals surface area contributed by atoms with Gasteiger partial charge in [0.25, 0.3) is 5.69 Å². The lowest BCUT2D eigenvalue weighted by Crippen LogP contribution is -2.06. The van der Waals surface area contributed by atoms with Gasteiger partial charge in [-0.25, -0.2) is 4.79 Å². The number of hydrogen-bond donors (Lipinski definition) is 0. The maximum absolute atomic E-state index is 10.7. The molecular formula is C10H10NO4. The highest BCUT2D eigenvalue weighted by molar-refractivity contribution is 5.43. The molecule has 1 atom stereocenters. The van der Waals surface area contributed by atoms with Crippen LogP contribution in [-0.4, -0.2) is 18.0 Å². The number of nitro groups is 1. The lowest BCUT2D eigenvalue weighted by atomic mass is 10.0. The van der Waals surface area contributed by atoms with Gasteiger partial charge in [0.05, 0.1) is 11.5 Å². The van der Waals surface area contributed by atoms with Gasteiger partial charge in [-0.2, -0.15) is 0 Å². The predicted molar refractivity (Wildman–Crippen MR) is 53.2 cm³/mol. The first-order valence-electron chi connectivity index (χ1n) is 4.39. The Morgan fingerprint density at radius 2 is 2.20 bits per heavy atom. The zero-order valence-electron chi connectivity index (χ0n) is 8.17. The molecule has 1 rings (SSSR count). The summed E-state index contributed by atoms with van der Waals surface area (Å²) in [5.41, 5.74) is 0.595. The van der Waals surface area contributed by atoms with Gasteiger partial charge >= 0.3 is 6.47 Å². The predicted octanol–water partition coefficient (Wildman–Crippen LogP) is 1.78. The molecule has 0 bridgehead atoms. The van der Waals surface area contributed by atoms with E-state index < -0.39 is 4.92 Å². The molecule has 5 nitrogen and oxygen atoms in total. The Kier molecular flexibility index (Phi) is 3.79. The summed E-state index contributed by atoms with van der Waals surface area (Å²) in [6.45, 7) is 3.14. The number of rotatable bonds is 5. The van der Waals surface area contributed by atoms with E-state index in [0.29, 0.717) is 5.56 Å². The van der Waals surface area contributed by atoms with E-state index in [9.17, 15) is 14.9 Å². The largest absolute Gasteiger partial charge is 0.457 e. The van der Waals surface area contributed by atoms with Crippen LogP contribution in [0, 0.1) is 10.1 Å². The van der Waals surface area contributed by atoms with Gasteiger partial charge in [-0.05, 0) is 0 Å². The smallest absolute Gasteiger partial charge is 0.417 e. The lowest BCUT2D eigenvalue weighted by molar-refractivity contribution is -0.385. The van der Waals surface area contributed by atoms with Crippen LogP contribution in [0.4, 0.5) is 5.69 Å². The highest BCUT2D eigenvalue weighted by Crippen LogP contribution is 2.25. The van der Waals surface area contributed by atoms with Crippen LogP contribution in [-0.2, 0) is 9.53 Å². The molecule has 15 heavy (non-hydrogen) atoms. The van der Waals surface area contributed by atoms with Crippen molar-refractivity contribution >= 4 is 12.2 Å². The molecule has 0 heterocycles. The minimum atomic E-state index is -0.448. The van der Waals surface area contributed by atoms with E-state index in [0.717, 1.165) is 0 Å². The number of ether oxygens (including phenoxy) is 1. The molecule has 0 aliphatic heterocycles. The standard InChI is InChI=1S/C10H10NO4/c1-8(6-15-7-12)9-4-2-3-5-10(9)11(13)14/h2-5,8H,6H2,1H3. The maximum Gasteiger partial charge on any atom is 0.417 e. The Morgan fingerprint density at radius 1 is 1.53 bits per heavy atom.